The van der Waals surface area contributed by atoms with Gasteiger partial charge in [-0.25, -0.2) is 0 Å². The Bertz CT molecular complexity index is 440. The predicted molar refractivity (Wildman–Crippen MR) is 89.7 cm³/mol. The van der Waals surface area contributed by atoms with Crippen molar-refractivity contribution in [3.63, 3.8) is 0 Å². The summed E-state index contributed by atoms with van der Waals surface area (Å²) in [6.45, 7) is 6.81. The Balaban J connectivity index is 1.41. The maximum atomic E-state index is 3.90. The van der Waals surface area contributed by atoms with Crippen LogP contribution >= 0.6 is 0 Å². The van der Waals surface area contributed by atoms with Gasteiger partial charge >= 0.3 is 0 Å². The highest BCUT2D eigenvalue weighted by molar-refractivity contribution is 5.27. The summed E-state index contributed by atoms with van der Waals surface area (Å²) < 4.78 is 0. The Morgan fingerprint density at radius 2 is 1.52 bits per heavy atom. The average Bonchev–Trinajstić information content (AvgIpc) is 3.20. The Labute approximate surface area is 129 Å². The van der Waals surface area contributed by atoms with Gasteiger partial charge in [0.25, 0.3) is 0 Å². The van der Waals surface area contributed by atoms with Crippen LogP contribution in [0.5, 0.6) is 0 Å². The van der Waals surface area contributed by atoms with Crippen LogP contribution in [-0.2, 0) is 0 Å². The van der Waals surface area contributed by atoms with Crippen molar-refractivity contribution in [2.24, 2.45) is 0 Å². The lowest BCUT2D eigenvalue weighted by Crippen LogP contribution is -2.47. The first-order valence-electron chi connectivity index (χ1n) is 8.60. The zero-order valence-corrected chi connectivity index (χ0v) is 13.7. The van der Waals surface area contributed by atoms with Gasteiger partial charge in [0.05, 0.1) is 0 Å². The van der Waals surface area contributed by atoms with Crippen LogP contribution in [-0.4, -0.2) is 23.7 Å². The molecule has 0 radical (unpaired) electrons. The molecule has 2 saturated carbocycles. The van der Waals surface area contributed by atoms with Crippen LogP contribution in [0.4, 0.5) is 0 Å². The molecular formula is C19H30N2. The largest absolute Gasteiger partial charge is 0.311 e. The molecule has 1 aromatic carbocycles. The average molecular weight is 286 g/mol. The van der Waals surface area contributed by atoms with Gasteiger partial charge in [0.1, 0.15) is 0 Å². The standard InChI is InChI=1S/C19H30N2/c1-19(2,3)21-16-11-9-15(10-12-16)20-18-13-17(18)14-7-5-4-6-8-14/h4-8,15-18,20-21H,9-13H2,1-3H3/t15-,16-,17-,18+/m0/s1. The zero-order chi connectivity index (χ0) is 14.9. The molecule has 2 atom stereocenters. The van der Waals surface area contributed by atoms with Crippen molar-refractivity contribution < 1.29 is 0 Å². The van der Waals surface area contributed by atoms with Crippen molar-refractivity contribution >= 4 is 0 Å². The summed E-state index contributed by atoms with van der Waals surface area (Å²) in [7, 11) is 0. The van der Waals surface area contributed by atoms with Crippen LogP contribution in [0.25, 0.3) is 0 Å². The van der Waals surface area contributed by atoms with E-state index in [1.54, 1.807) is 0 Å². The second-order valence-electron chi connectivity index (χ2n) is 7.97. The van der Waals surface area contributed by atoms with E-state index in [0.717, 1.165) is 18.0 Å². The Kier molecular flexibility index (Phi) is 4.37. The molecule has 2 fully saturated rings. The molecule has 3 rings (SSSR count). The molecular weight excluding hydrogens is 256 g/mol. The molecule has 0 amide bonds. The van der Waals surface area contributed by atoms with Gasteiger partial charge < -0.3 is 10.6 Å². The van der Waals surface area contributed by atoms with Gasteiger partial charge in [0.15, 0.2) is 0 Å². The van der Waals surface area contributed by atoms with Crippen LogP contribution in [0.3, 0.4) is 0 Å². The van der Waals surface area contributed by atoms with Gasteiger partial charge in [-0.05, 0) is 58.4 Å². The number of benzene rings is 1. The van der Waals surface area contributed by atoms with E-state index in [1.807, 2.05) is 0 Å². The van der Waals surface area contributed by atoms with Crippen molar-refractivity contribution in [1.29, 1.82) is 0 Å². The summed E-state index contributed by atoms with van der Waals surface area (Å²) in [6.07, 6.45) is 6.61. The van der Waals surface area contributed by atoms with Crippen molar-refractivity contribution in [3.05, 3.63) is 35.9 Å². The number of hydrogen-bond acceptors (Lipinski definition) is 2. The van der Waals surface area contributed by atoms with Gasteiger partial charge in [0, 0.05) is 29.6 Å². The monoisotopic (exact) mass is 286 g/mol. The van der Waals surface area contributed by atoms with E-state index >= 15 is 0 Å². The first kappa shape index (κ1) is 15.1. The number of rotatable bonds is 4. The minimum atomic E-state index is 0.250. The third kappa shape index (κ3) is 4.31. The van der Waals surface area contributed by atoms with Gasteiger partial charge in [-0.15, -0.1) is 0 Å². The minimum Gasteiger partial charge on any atom is -0.311 e. The van der Waals surface area contributed by atoms with Crippen LogP contribution in [0.15, 0.2) is 30.3 Å². The number of hydrogen-bond donors (Lipinski definition) is 2. The van der Waals surface area contributed by atoms with Crippen molar-refractivity contribution in [2.45, 2.75) is 82.5 Å². The second-order valence-corrected chi connectivity index (χ2v) is 7.97. The third-order valence-electron chi connectivity index (χ3n) is 4.83. The molecule has 0 saturated heterocycles. The van der Waals surface area contributed by atoms with E-state index in [0.29, 0.717) is 6.04 Å². The quantitative estimate of drug-likeness (QED) is 0.879. The smallest absolute Gasteiger partial charge is 0.0145 e. The molecule has 21 heavy (non-hydrogen) atoms. The molecule has 0 aromatic heterocycles. The normalized spacial score (nSPS) is 32.9. The van der Waals surface area contributed by atoms with E-state index in [9.17, 15) is 0 Å². The lowest BCUT2D eigenvalue weighted by atomic mass is 9.89. The van der Waals surface area contributed by atoms with Crippen LogP contribution in [0.2, 0.25) is 0 Å². The maximum Gasteiger partial charge on any atom is 0.0145 e. The molecule has 0 heterocycles. The SMILES string of the molecule is CC(C)(C)N[C@H]1CC[C@H](N[C@@H]2C[C@H]2c2ccccc2)CC1. The van der Waals surface area contributed by atoms with E-state index in [4.69, 9.17) is 0 Å². The highest BCUT2D eigenvalue weighted by Gasteiger charge is 2.39. The Hall–Kier alpha value is -0.860. The summed E-state index contributed by atoms with van der Waals surface area (Å²) in [5, 5.41) is 7.65. The van der Waals surface area contributed by atoms with Crippen molar-refractivity contribution in [1.82, 2.24) is 10.6 Å². The van der Waals surface area contributed by atoms with Gasteiger partial charge in [-0.1, -0.05) is 30.3 Å². The minimum absolute atomic E-state index is 0.250. The first-order chi connectivity index (χ1) is 10.0. The van der Waals surface area contributed by atoms with Crippen LogP contribution in [0, 0.1) is 0 Å². The third-order valence-corrected chi connectivity index (χ3v) is 4.83. The van der Waals surface area contributed by atoms with Gasteiger partial charge in [-0.3, -0.25) is 0 Å². The summed E-state index contributed by atoms with van der Waals surface area (Å²) in [6, 6.07) is 13.2. The molecule has 0 unspecified atom stereocenters. The fourth-order valence-corrected chi connectivity index (χ4v) is 3.77. The summed E-state index contributed by atoms with van der Waals surface area (Å²) in [4.78, 5) is 0. The van der Waals surface area contributed by atoms with Crippen molar-refractivity contribution in [2.75, 3.05) is 0 Å². The van der Waals surface area contributed by atoms with E-state index in [-0.39, 0.29) is 5.54 Å². The maximum absolute atomic E-state index is 3.90. The molecule has 0 bridgehead atoms. The summed E-state index contributed by atoms with van der Waals surface area (Å²) >= 11 is 0. The number of nitrogens with one attached hydrogen (secondary N) is 2. The summed E-state index contributed by atoms with van der Waals surface area (Å²) in [5.41, 5.74) is 1.76. The fourth-order valence-electron chi connectivity index (χ4n) is 3.77. The molecule has 0 spiro atoms. The fraction of sp³-hybridized carbons (Fsp3) is 0.684. The topological polar surface area (TPSA) is 24.1 Å². The van der Waals surface area contributed by atoms with Crippen LogP contribution in [0.1, 0.15) is 64.4 Å². The lowest BCUT2D eigenvalue weighted by Gasteiger charge is -2.34. The van der Waals surface area contributed by atoms with E-state index < -0.39 is 0 Å². The van der Waals surface area contributed by atoms with Crippen LogP contribution < -0.4 is 10.6 Å². The zero-order valence-electron chi connectivity index (χ0n) is 13.7. The Morgan fingerprint density at radius 3 is 2.14 bits per heavy atom. The Morgan fingerprint density at radius 1 is 0.905 bits per heavy atom. The van der Waals surface area contributed by atoms with Gasteiger partial charge in [-0.2, -0.15) is 0 Å². The predicted octanol–water partition coefficient (Wildman–Crippen LogP) is 3.83. The molecule has 2 heteroatoms. The molecule has 2 aliphatic rings. The first-order valence-corrected chi connectivity index (χ1v) is 8.60. The molecule has 2 nitrogen and oxygen atoms in total. The summed E-state index contributed by atoms with van der Waals surface area (Å²) in [5.74, 6) is 0.761. The second kappa shape index (κ2) is 6.10. The highest BCUT2D eigenvalue weighted by Crippen LogP contribution is 2.41. The molecule has 2 aliphatic carbocycles. The van der Waals surface area contributed by atoms with E-state index in [1.165, 1.54) is 37.7 Å². The highest BCUT2D eigenvalue weighted by atomic mass is 15.0. The van der Waals surface area contributed by atoms with Gasteiger partial charge in [0.2, 0.25) is 0 Å². The van der Waals surface area contributed by atoms with Crippen molar-refractivity contribution in [3.8, 4) is 0 Å². The molecule has 0 aliphatic heterocycles. The lowest BCUT2D eigenvalue weighted by molar-refractivity contribution is 0.260. The molecule has 116 valence electrons. The molecule has 2 N–H and O–H groups in total. The van der Waals surface area contributed by atoms with E-state index in [2.05, 4.69) is 61.7 Å². The molecule has 1 aromatic rings.